The molecule has 2 aliphatic rings. The highest BCUT2D eigenvalue weighted by molar-refractivity contribution is 5.77. The lowest BCUT2D eigenvalue weighted by atomic mass is 9.95. The van der Waals surface area contributed by atoms with E-state index in [1.807, 2.05) is 4.90 Å². The van der Waals surface area contributed by atoms with Gasteiger partial charge in [-0.25, -0.2) is 0 Å². The molecule has 1 fully saturated rings. The SMILES string of the molecule is C#CCCC1(CCC(=O)N2CC(CCOC)C2)N=N1. The summed E-state index contributed by atoms with van der Waals surface area (Å²) in [5.41, 5.74) is -0.331. The Hall–Kier alpha value is -1.41. The van der Waals surface area contributed by atoms with Gasteiger partial charge in [0.15, 0.2) is 5.66 Å². The Balaban J connectivity index is 1.60. The summed E-state index contributed by atoms with van der Waals surface area (Å²) >= 11 is 0. The molecule has 0 aromatic rings. The van der Waals surface area contributed by atoms with Gasteiger partial charge in [-0.05, 0) is 12.3 Å². The van der Waals surface area contributed by atoms with Crippen molar-refractivity contribution in [1.82, 2.24) is 4.90 Å². The minimum absolute atomic E-state index is 0.214. The van der Waals surface area contributed by atoms with Crippen molar-refractivity contribution in [2.24, 2.45) is 16.1 Å². The van der Waals surface area contributed by atoms with Crippen LogP contribution in [-0.2, 0) is 9.53 Å². The predicted octanol–water partition coefficient (Wildman–Crippen LogP) is 1.84. The standard InChI is InChI=1S/C14H21N3O2/c1-3-4-7-14(15-16-14)8-5-13(18)17-10-12(11-17)6-9-19-2/h1,12H,4-11H2,2H3. The van der Waals surface area contributed by atoms with Gasteiger partial charge < -0.3 is 9.64 Å². The number of nitrogens with zero attached hydrogens (tertiary/aromatic N) is 3. The first-order valence-electron chi connectivity index (χ1n) is 6.83. The number of hydrogen-bond acceptors (Lipinski definition) is 4. The summed E-state index contributed by atoms with van der Waals surface area (Å²) in [4.78, 5) is 13.9. The quantitative estimate of drug-likeness (QED) is 0.627. The Bertz CT molecular complexity index is 388. The summed E-state index contributed by atoms with van der Waals surface area (Å²) in [6, 6.07) is 0. The molecule has 0 N–H and O–H groups in total. The summed E-state index contributed by atoms with van der Waals surface area (Å²) in [5.74, 6) is 3.41. The maximum Gasteiger partial charge on any atom is 0.222 e. The molecule has 0 bridgehead atoms. The molecule has 5 heteroatoms. The average Bonchev–Trinajstić information content (AvgIpc) is 3.13. The van der Waals surface area contributed by atoms with Gasteiger partial charge >= 0.3 is 0 Å². The molecule has 2 aliphatic heterocycles. The number of terminal acetylenes is 1. The van der Waals surface area contributed by atoms with Crippen molar-refractivity contribution >= 4 is 5.91 Å². The van der Waals surface area contributed by atoms with Crippen LogP contribution in [0.15, 0.2) is 10.2 Å². The van der Waals surface area contributed by atoms with E-state index in [1.54, 1.807) is 7.11 Å². The zero-order chi connectivity index (χ0) is 13.7. The number of ether oxygens (including phenoxy) is 1. The first-order chi connectivity index (χ1) is 9.19. The van der Waals surface area contributed by atoms with Gasteiger partial charge in [-0.3, -0.25) is 4.79 Å². The van der Waals surface area contributed by atoms with E-state index >= 15 is 0 Å². The number of methoxy groups -OCH3 is 1. The van der Waals surface area contributed by atoms with Gasteiger partial charge in [-0.1, -0.05) is 0 Å². The molecule has 104 valence electrons. The molecule has 2 rings (SSSR count). The molecule has 0 spiro atoms. The zero-order valence-electron chi connectivity index (χ0n) is 11.5. The van der Waals surface area contributed by atoms with Gasteiger partial charge in [0.25, 0.3) is 0 Å². The first-order valence-corrected chi connectivity index (χ1v) is 6.83. The number of carbonyl (C=O) groups is 1. The minimum Gasteiger partial charge on any atom is -0.385 e. The van der Waals surface area contributed by atoms with Crippen LogP contribution in [-0.4, -0.2) is 43.3 Å². The maximum absolute atomic E-state index is 12.0. The third kappa shape index (κ3) is 3.77. The second kappa shape index (κ2) is 6.16. The largest absolute Gasteiger partial charge is 0.385 e. The van der Waals surface area contributed by atoms with E-state index in [0.717, 1.165) is 32.5 Å². The predicted molar refractivity (Wildman–Crippen MR) is 71.5 cm³/mol. The van der Waals surface area contributed by atoms with E-state index < -0.39 is 0 Å². The van der Waals surface area contributed by atoms with Crippen LogP contribution in [0.25, 0.3) is 0 Å². The summed E-state index contributed by atoms with van der Waals surface area (Å²) in [5, 5.41) is 8.09. The van der Waals surface area contributed by atoms with Crippen molar-refractivity contribution in [1.29, 1.82) is 0 Å². The molecule has 0 unspecified atom stereocenters. The number of carbonyl (C=O) groups excluding carboxylic acids is 1. The highest BCUT2D eigenvalue weighted by atomic mass is 16.5. The molecule has 1 amide bonds. The van der Waals surface area contributed by atoms with Crippen molar-refractivity contribution in [3.05, 3.63) is 0 Å². The number of hydrogen-bond donors (Lipinski definition) is 0. The Morgan fingerprint density at radius 1 is 1.47 bits per heavy atom. The summed E-state index contributed by atoms with van der Waals surface area (Å²) < 4.78 is 5.04. The van der Waals surface area contributed by atoms with Gasteiger partial charge in [0, 0.05) is 52.5 Å². The third-order valence-corrected chi connectivity index (χ3v) is 3.83. The van der Waals surface area contributed by atoms with Crippen LogP contribution in [0, 0.1) is 18.3 Å². The highest BCUT2D eigenvalue weighted by Crippen LogP contribution is 2.38. The van der Waals surface area contributed by atoms with E-state index in [-0.39, 0.29) is 11.6 Å². The molecule has 2 heterocycles. The van der Waals surface area contributed by atoms with Crippen molar-refractivity contribution in [2.45, 2.75) is 37.8 Å². The molecule has 0 aromatic heterocycles. The van der Waals surface area contributed by atoms with Crippen molar-refractivity contribution < 1.29 is 9.53 Å². The van der Waals surface area contributed by atoms with Gasteiger partial charge in [-0.2, -0.15) is 10.2 Å². The smallest absolute Gasteiger partial charge is 0.222 e. The number of likely N-dealkylation sites (tertiary alicyclic amines) is 1. The van der Waals surface area contributed by atoms with E-state index in [4.69, 9.17) is 11.2 Å². The lowest BCUT2D eigenvalue weighted by molar-refractivity contribution is -0.138. The molecule has 0 aliphatic carbocycles. The van der Waals surface area contributed by atoms with Crippen molar-refractivity contribution in [3.8, 4) is 12.3 Å². The lowest BCUT2D eigenvalue weighted by Gasteiger charge is -2.39. The van der Waals surface area contributed by atoms with Crippen LogP contribution in [0.1, 0.15) is 32.1 Å². The van der Waals surface area contributed by atoms with Crippen LogP contribution in [0.2, 0.25) is 0 Å². The monoisotopic (exact) mass is 263 g/mol. The Morgan fingerprint density at radius 3 is 2.79 bits per heavy atom. The average molecular weight is 263 g/mol. The Kier molecular flexibility index (Phi) is 4.54. The molecular formula is C14H21N3O2. The summed E-state index contributed by atoms with van der Waals surface area (Å²) in [6.45, 7) is 2.52. The third-order valence-electron chi connectivity index (χ3n) is 3.83. The molecular weight excluding hydrogens is 242 g/mol. The zero-order valence-corrected chi connectivity index (χ0v) is 11.5. The Labute approximate surface area is 114 Å². The van der Waals surface area contributed by atoms with E-state index in [1.165, 1.54) is 0 Å². The summed E-state index contributed by atoms with van der Waals surface area (Å²) in [7, 11) is 1.71. The normalized spacial score (nSPS) is 19.9. The van der Waals surface area contributed by atoms with Gasteiger partial charge in [0.2, 0.25) is 5.91 Å². The van der Waals surface area contributed by atoms with Crippen LogP contribution >= 0.6 is 0 Å². The molecule has 19 heavy (non-hydrogen) atoms. The fourth-order valence-electron chi connectivity index (χ4n) is 2.37. The molecule has 0 saturated carbocycles. The van der Waals surface area contributed by atoms with Crippen LogP contribution < -0.4 is 0 Å². The van der Waals surface area contributed by atoms with Gasteiger partial charge in [-0.15, -0.1) is 12.3 Å². The van der Waals surface area contributed by atoms with Crippen molar-refractivity contribution in [3.63, 3.8) is 0 Å². The van der Waals surface area contributed by atoms with Crippen LogP contribution in [0.3, 0.4) is 0 Å². The van der Waals surface area contributed by atoms with E-state index in [9.17, 15) is 4.79 Å². The fraction of sp³-hybridized carbons (Fsp3) is 0.786. The van der Waals surface area contributed by atoms with Gasteiger partial charge in [0.05, 0.1) is 0 Å². The number of rotatable bonds is 8. The maximum atomic E-state index is 12.0. The second-order valence-electron chi connectivity index (χ2n) is 5.33. The fourth-order valence-corrected chi connectivity index (χ4v) is 2.37. The lowest BCUT2D eigenvalue weighted by Crippen LogP contribution is -2.50. The van der Waals surface area contributed by atoms with E-state index in [2.05, 4.69) is 16.1 Å². The highest BCUT2D eigenvalue weighted by Gasteiger charge is 2.40. The molecule has 0 radical (unpaired) electrons. The van der Waals surface area contributed by atoms with Crippen LogP contribution in [0.4, 0.5) is 0 Å². The van der Waals surface area contributed by atoms with Crippen molar-refractivity contribution in [2.75, 3.05) is 26.8 Å². The van der Waals surface area contributed by atoms with Crippen LogP contribution in [0.5, 0.6) is 0 Å². The first kappa shape index (κ1) is 14.0. The molecule has 0 atom stereocenters. The minimum atomic E-state index is -0.331. The topological polar surface area (TPSA) is 54.3 Å². The Morgan fingerprint density at radius 2 is 2.21 bits per heavy atom. The van der Waals surface area contributed by atoms with Gasteiger partial charge in [0.1, 0.15) is 0 Å². The molecule has 1 saturated heterocycles. The summed E-state index contributed by atoms with van der Waals surface area (Å²) in [6.07, 6.45) is 8.94. The molecule has 5 nitrogen and oxygen atoms in total. The molecule has 0 aromatic carbocycles. The second-order valence-corrected chi connectivity index (χ2v) is 5.33. The number of amides is 1. The van der Waals surface area contributed by atoms with E-state index in [0.29, 0.717) is 25.2 Å².